The van der Waals surface area contributed by atoms with E-state index in [0.717, 1.165) is 15.7 Å². The van der Waals surface area contributed by atoms with Crippen molar-refractivity contribution in [3.63, 3.8) is 0 Å². The molecule has 0 saturated carbocycles. The van der Waals surface area contributed by atoms with Crippen molar-refractivity contribution in [2.45, 2.75) is 13.8 Å². The third-order valence-corrected chi connectivity index (χ3v) is 1.82. The standard InChI is InChI=1S/C9H10BrNO/c1-6-3-8(10)5-9(4-6)11-7(2)12/h3-5H,1-2H3,(H,11,12). The van der Waals surface area contributed by atoms with Gasteiger partial charge in [-0.05, 0) is 30.7 Å². The molecule has 0 bridgehead atoms. The topological polar surface area (TPSA) is 29.1 Å². The van der Waals surface area contributed by atoms with Crippen LogP contribution in [0.15, 0.2) is 22.7 Å². The van der Waals surface area contributed by atoms with Crippen LogP contribution in [0.25, 0.3) is 0 Å². The van der Waals surface area contributed by atoms with Crippen LogP contribution >= 0.6 is 15.9 Å². The van der Waals surface area contributed by atoms with E-state index in [4.69, 9.17) is 0 Å². The summed E-state index contributed by atoms with van der Waals surface area (Å²) in [5.41, 5.74) is 1.95. The second kappa shape index (κ2) is 3.72. The number of carbonyl (C=O) groups is 1. The smallest absolute Gasteiger partial charge is 0.221 e. The Morgan fingerprint density at radius 3 is 2.58 bits per heavy atom. The first kappa shape index (κ1) is 9.26. The molecule has 0 aliphatic rings. The Hall–Kier alpha value is -0.830. The summed E-state index contributed by atoms with van der Waals surface area (Å²) >= 11 is 3.35. The molecule has 0 aliphatic heterocycles. The Morgan fingerprint density at radius 2 is 2.08 bits per heavy atom. The van der Waals surface area contributed by atoms with Gasteiger partial charge in [0.05, 0.1) is 0 Å². The van der Waals surface area contributed by atoms with Gasteiger partial charge >= 0.3 is 0 Å². The molecule has 1 aromatic carbocycles. The summed E-state index contributed by atoms with van der Waals surface area (Å²) < 4.78 is 0.978. The zero-order valence-electron chi connectivity index (χ0n) is 7.02. The maximum absolute atomic E-state index is 10.7. The summed E-state index contributed by atoms with van der Waals surface area (Å²) in [4.78, 5) is 10.7. The van der Waals surface area contributed by atoms with E-state index in [1.807, 2.05) is 25.1 Å². The highest BCUT2D eigenvalue weighted by molar-refractivity contribution is 9.10. The molecule has 0 fully saturated rings. The van der Waals surface area contributed by atoms with E-state index in [1.54, 1.807) is 0 Å². The first-order valence-corrected chi connectivity index (χ1v) is 4.42. The number of carbonyl (C=O) groups excluding carboxylic acids is 1. The van der Waals surface area contributed by atoms with Crippen LogP contribution in [0.3, 0.4) is 0 Å². The maximum Gasteiger partial charge on any atom is 0.221 e. The number of nitrogens with one attached hydrogen (secondary N) is 1. The molecule has 12 heavy (non-hydrogen) atoms. The predicted octanol–water partition coefficient (Wildman–Crippen LogP) is 2.72. The molecule has 0 aromatic heterocycles. The quantitative estimate of drug-likeness (QED) is 0.786. The van der Waals surface area contributed by atoms with Crippen molar-refractivity contribution < 1.29 is 4.79 Å². The number of hydrogen-bond donors (Lipinski definition) is 1. The SMILES string of the molecule is CC(=O)Nc1cc(C)cc(Br)c1. The van der Waals surface area contributed by atoms with E-state index in [0.29, 0.717) is 0 Å². The Balaban J connectivity index is 2.93. The van der Waals surface area contributed by atoms with Crippen molar-refractivity contribution in [1.82, 2.24) is 0 Å². The molecular formula is C9H10BrNO. The molecule has 1 amide bonds. The average molecular weight is 228 g/mol. The van der Waals surface area contributed by atoms with Gasteiger partial charge in [-0.1, -0.05) is 15.9 Å². The van der Waals surface area contributed by atoms with E-state index in [9.17, 15) is 4.79 Å². The predicted molar refractivity (Wildman–Crippen MR) is 53.2 cm³/mol. The number of halogens is 1. The second-order valence-electron chi connectivity index (χ2n) is 2.70. The van der Waals surface area contributed by atoms with E-state index in [-0.39, 0.29) is 5.91 Å². The number of benzene rings is 1. The molecule has 2 nitrogen and oxygen atoms in total. The third-order valence-electron chi connectivity index (χ3n) is 1.36. The van der Waals surface area contributed by atoms with Crippen molar-refractivity contribution in [3.8, 4) is 0 Å². The fourth-order valence-electron chi connectivity index (χ4n) is 1.01. The molecule has 64 valence electrons. The fraction of sp³-hybridized carbons (Fsp3) is 0.222. The number of hydrogen-bond acceptors (Lipinski definition) is 1. The molecule has 1 aromatic rings. The lowest BCUT2D eigenvalue weighted by atomic mass is 10.2. The molecule has 0 spiro atoms. The van der Waals surface area contributed by atoms with Crippen LogP contribution in [0, 0.1) is 6.92 Å². The monoisotopic (exact) mass is 227 g/mol. The van der Waals surface area contributed by atoms with Crippen molar-refractivity contribution in [1.29, 1.82) is 0 Å². The van der Waals surface area contributed by atoms with Crippen LogP contribution in [-0.2, 0) is 4.79 Å². The summed E-state index contributed by atoms with van der Waals surface area (Å²) in [7, 11) is 0. The highest BCUT2D eigenvalue weighted by Gasteiger charge is 1.97. The summed E-state index contributed by atoms with van der Waals surface area (Å²) in [6.07, 6.45) is 0. The van der Waals surface area contributed by atoms with Crippen LogP contribution < -0.4 is 5.32 Å². The van der Waals surface area contributed by atoms with Gasteiger partial charge in [0.2, 0.25) is 5.91 Å². The first-order chi connectivity index (χ1) is 5.58. The van der Waals surface area contributed by atoms with Gasteiger partial charge in [0.25, 0.3) is 0 Å². The minimum absolute atomic E-state index is 0.0486. The highest BCUT2D eigenvalue weighted by Crippen LogP contribution is 2.18. The van der Waals surface area contributed by atoms with Gasteiger partial charge in [-0.2, -0.15) is 0 Å². The summed E-state index contributed by atoms with van der Waals surface area (Å²) in [5, 5.41) is 2.72. The Morgan fingerprint density at radius 1 is 1.42 bits per heavy atom. The molecule has 3 heteroatoms. The van der Waals surface area contributed by atoms with Gasteiger partial charge in [0.1, 0.15) is 0 Å². The number of anilines is 1. The van der Waals surface area contributed by atoms with Gasteiger partial charge in [0, 0.05) is 17.1 Å². The Kier molecular flexibility index (Phi) is 2.87. The van der Waals surface area contributed by atoms with E-state index >= 15 is 0 Å². The largest absolute Gasteiger partial charge is 0.326 e. The zero-order chi connectivity index (χ0) is 9.14. The minimum Gasteiger partial charge on any atom is -0.326 e. The maximum atomic E-state index is 10.7. The lowest BCUT2D eigenvalue weighted by molar-refractivity contribution is -0.114. The van der Waals surface area contributed by atoms with E-state index in [1.165, 1.54) is 6.92 Å². The molecule has 0 aliphatic carbocycles. The summed E-state index contributed by atoms with van der Waals surface area (Å²) in [6, 6.07) is 5.78. The molecule has 0 heterocycles. The molecule has 0 atom stereocenters. The van der Waals surface area contributed by atoms with Crippen LogP contribution in [0.2, 0.25) is 0 Å². The molecule has 0 saturated heterocycles. The van der Waals surface area contributed by atoms with Crippen LogP contribution in [0.1, 0.15) is 12.5 Å². The molecule has 0 unspecified atom stereocenters. The van der Waals surface area contributed by atoms with Gasteiger partial charge in [-0.15, -0.1) is 0 Å². The van der Waals surface area contributed by atoms with Crippen LogP contribution in [0.4, 0.5) is 5.69 Å². The zero-order valence-corrected chi connectivity index (χ0v) is 8.60. The van der Waals surface area contributed by atoms with Crippen molar-refractivity contribution in [3.05, 3.63) is 28.2 Å². The van der Waals surface area contributed by atoms with Crippen molar-refractivity contribution in [2.75, 3.05) is 5.32 Å². The van der Waals surface area contributed by atoms with Gasteiger partial charge in [-0.3, -0.25) is 4.79 Å². The summed E-state index contributed by atoms with van der Waals surface area (Å²) in [5.74, 6) is -0.0486. The van der Waals surface area contributed by atoms with Gasteiger partial charge in [-0.25, -0.2) is 0 Å². The lowest BCUT2D eigenvalue weighted by Crippen LogP contribution is -2.05. The number of aryl methyl sites for hydroxylation is 1. The fourth-order valence-corrected chi connectivity index (χ4v) is 1.62. The molecular weight excluding hydrogens is 218 g/mol. The minimum atomic E-state index is -0.0486. The average Bonchev–Trinajstić information content (AvgIpc) is 1.81. The normalized spacial score (nSPS) is 9.58. The molecule has 0 radical (unpaired) electrons. The molecule has 1 rings (SSSR count). The number of amides is 1. The van der Waals surface area contributed by atoms with Crippen LogP contribution in [0.5, 0.6) is 0 Å². The Bertz CT molecular complexity index is 289. The van der Waals surface area contributed by atoms with Crippen LogP contribution in [-0.4, -0.2) is 5.91 Å². The molecule has 1 N–H and O–H groups in total. The van der Waals surface area contributed by atoms with E-state index in [2.05, 4.69) is 21.2 Å². The van der Waals surface area contributed by atoms with E-state index < -0.39 is 0 Å². The lowest BCUT2D eigenvalue weighted by Gasteiger charge is -2.03. The first-order valence-electron chi connectivity index (χ1n) is 3.63. The Labute approximate surface area is 80.1 Å². The third kappa shape index (κ3) is 2.66. The highest BCUT2D eigenvalue weighted by atomic mass is 79.9. The van der Waals surface area contributed by atoms with Crippen molar-refractivity contribution >= 4 is 27.5 Å². The summed E-state index contributed by atoms with van der Waals surface area (Å²) in [6.45, 7) is 3.48. The van der Waals surface area contributed by atoms with Gasteiger partial charge in [0.15, 0.2) is 0 Å². The van der Waals surface area contributed by atoms with Gasteiger partial charge < -0.3 is 5.32 Å². The second-order valence-corrected chi connectivity index (χ2v) is 3.61. The number of rotatable bonds is 1. The van der Waals surface area contributed by atoms with Crippen molar-refractivity contribution in [2.24, 2.45) is 0 Å².